The van der Waals surface area contributed by atoms with Crippen LogP contribution in [0.15, 0.2) is 0 Å². The predicted octanol–water partition coefficient (Wildman–Crippen LogP) is -1.34. The van der Waals surface area contributed by atoms with Gasteiger partial charge in [-0.15, -0.1) is 0 Å². The van der Waals surface area contributed by atoms with Gasteiger partial charge in [0.15, 0.2) is 5.54 Å². The number of aliphatic hydroxyl groups is 1. The van der Waals surface area contributed by atoms with E-state index in [1.807, 2.05) is 0 Å². The quantitative estimate of drug-likeness (QED) is 0.487. The number of fused-ring (bicyclic) bond motifs is 1. The zero-order valence-corrected chi connectivity index (χ0v) is 9.01. The average molecular weight is 245 g/mol. The van der Waals surface area contributed by atoms with Crippen molar-refractivity contribution in [2.24, 2.45) is 17.8 Å². The summed E-state index contributed by atoms with van der Waals surface area (Å²) in [6, 6.07) is 0. The van der Waals surface area contributed by atoms with Crippen molar-refractivity contribution in [3.05, 3.63) is 0 Å². The number of aliphatic carboxylic acids is 2. The number of carbonyl (C=O) groups excluding carboxylic acids is 1. The topological polar surface area (TPSA) is 124 Å². The second kappa shape index (κ2) is 3.43. The zero-order valence-electron chi connectivity index (χ0n) is 10.0. The Balaban J connectivity index is 2.44. The Morgan fingerprint density at radius 2 is 2.00 bits per heavy atom. The Kier molecular flexibility index (Phi) is 2.12. The van der Waals surface area contributed by atoms with Gasteiger partial charge in [0.05, 0.1) is 13.4 Å². The predicted molar refractivity (Wildman–Crippen MR) is 52.9 cm³/mol. The SMILES string of the molecule is [3H][C@@]1(O)C[C@H]2[C@H](C(=O)O)[C@H]2[C@]1(NC(C)=O)C(=O)O. The first-order valence-corrected chi connectivity index (χ1v) is 5.12. The van der Waals surface area contributed by atoms with Crippen molar-refractivity contribution in [1.29, 1.82) is 0 Å². The molecule has 5 atom stereocenters. The molecule has 7 nitrogen and oxygen atoms in total. The van der Waals surface area contributed by atoms with E-state index in [0.717, 1.165) is 6.92 Å². The van der Waals surface area contributed by atoms with Crippen LogP contribution in [0.25, 0.3) is 0 Å². The maximum absolute atomic E-state index is 11.4. The summed E-state index contributed by atoms with van der Waals surface area (Å²) in [6.07, 6.45) is -2.67. The Morgan fingerprint density at radius 1 is 1.41 bits per heavy atom. The number of carbonyl (C=O) groups is 3. The lowest BCUT2D eigenvalue weighted by atomic mass is 9.87. The summed E-state index contributed by atoms with van der Waals surface area (Å²) in [4.78, 5) is 33.4. The standard InChI is InChI=1S/C10H13NO6/c1-3(12)11-10(9(16)17)5(13)2-4-6(7(4)10)8(14)15/h4-7,13H,2H2,1H3,(H,11,12)(H,14,15)(H,16,17)/t4-,5+,6-,7-,10-/m0/s1/i5T. The van der Waals surface area contributed by atoms with E-state index in [9.17, 15) is 24.6 Å². The molecule has 2 rings (SSSR count). The number of hydrogen-bond donors (Lipinski definition) is 4. The lowest BCUT2D eigenvalue weighted by molar-refractivity contribution is -0.154. The van der Waals surface area contributed by atoms with Crippen LogP contribution in [0.4, 0.5) is 0 Å². The summed E-state index contributed by atoms with van der Waals surface area (Å²) in [5, 5.41) is 30.2. The van der Waals surface area contributed by atoms with Crippen LogP contribution in [0.3, 0.4) is 0 Å². The first kappa shape index (κ1) is 10.5. The Labute approximate surface area is 97.8 Å². The first-order valence-electron chi connectivity index (χ1n) is 5.62. The minimum atomic E-state index is -2.40. The molecule has 0 aromatic heterocycles. The summed E-state index contributed by atoms with van der Waals surface area (Å²) in [5.74, 6) is -5.94. The van der Waals surface area contributed by atoms with Crippen LogP contribution >= 0.6 is 0 Å². The molecule has 0 aliphatic heterocycles. The van der Waals surface area contributed by atoms with Crippen LogP contribution in [0.2, 0.25) is 0 Å². The van der Waals surface area contributed by atoms with Gasteiger partial charge in [0.2, 0.25) is 5.91 Å². The lowest BCUT2D eigenvalue weighted by Crippen LogP contribution is -2.62. The van der Waals surface area contributed by atoms with E-state index in [0.29, 0.717) is 0 Å². The van der Waals surface area contributed by atoms with Crippen LogP contribution in [0, 0.1) is 17.8 Å². The fourth-order valence-corrected chi connectivity index (χ4v) is 2.88. The molecule has 17 heavy (non-hydrogen) atoms. The molecule has 0 aromatic rings. The third-order valence-corrected chi connectivity index (χ3v) is 3.55. The molecule has 1 amide bonds. The van der Waals surface area contributed by atoms with E-state index in [1.54, 1.807) is 0 Å². The Morgan fingerprint density at radius 3 is 2.41 bits per heavy atom. The summed E-state index contributed by atoms with van der Waals surface area (Å²) in [6.45, 7) is 1.06. The van der Waals surface area contributed by atoms with Gasteiger partial charge in [-0.3, -0.25) is 9.59 Å². The number of carboxylic acid groups (broad SMARTS) is 2. The highest BCUT2D eigenvalue weighted by Gasteiger charge is 2.75. The van der Waals surface area contributed by atoms with Gasteiger partial charge in [0.25, 0.3) is 0 Å². The smallest absolute Gasteiger partial charge is 0.332 e. The first-order chi connectivity index (χ1) is 8.15. The molecule has 0 aromatic carbocycles. The van der Waals surface area contributed by atoms with Crippen LogP contribution in [-0.2, 0) is 14.4 Å². The molecule has 7 heteroatoms. The van der Waals surface area contributed by atoms with Gasteiger partial charge >= 0.3 is 11.9 Å². The molecule has 2 saturated carbocycles. The van der Waals surface area contributed by atoms with E-state index >= 15 is 0 Å². The van der Waals surface area contributed by atoms with Crippen molar-refractivity contribution in [2.75, 3.05) is 0 Å². The highest BCUT2D eigenvalue weighted by molar-refractivity contribution is 5.90. The monoisotopic (exact) mass is 245 g/mol. The molecule has 2 fully saturated rings. The molecule has 0 spiro atoms. The molecule has 4 N–H and O–H groups in total. The third-order valence-electron chi connectivity index (χ3n) is 3.55. The van der Waals surface area contributed by atoms with Crippen molar-refractivity contribution in [3.8, 4) is 0 Å². The maximum atomic E-state index is 11.4. The minimum Gasteiger partial charge on any atom is -0.481 e. The van der Waals surface area contributed by atoms with Crippen molar-refractivity contribution in [1.82, 2.24) is 5.32 Å². The fraction of sp³-hybridized carbons (Fsp3) is 0.700. The number of amides is 1. The van der Waals surface area contributed by atoms with Gasteiger partial charge in [-0.2, -0.15) is 0 Å². The molecule has 0 heterocycles. The summed E-state index contributed by atoms with van der Waals surface area (Å²) in [5.41, 5.74) is -2.24. The van der Waals surface area contributed by atoms with Crippen molar-refractivity contribution < 1.29 is 31.1 Å². The number of hydrogen-bond acceptors (Lipinski definition) is 4. The van der Waals surface area contributed by atoms with Crippen molar-refractivity contribution >= 4 is 17.8 Å². The van der Waals surface area contributed by atoms with Crippen LogP contribution < -0.4 is 5.32 Å². The minimum absolute atomic E-state index is 0.277. The van der Waals surface area contributed by atoms with Gasteiger partial charge in [-0.05, 0) is 12.3 Å². The Bertz CT molecular complexity index is 450. The molecule has 0 unspecified atom stereocenters. The number of carboxylic acids is 2. The molecule has 0 saturated heterocycles. The van der Waals surface area contributed by atoms with Gasteiger partial charge in [-0.1, -0.05) is 0 Å². The largest absolute Gasteiger partial charge is 0.481 e. The molecule has 0 radical (unpaired) electrons. The normalized spacial score (nSPS) is 47.9. The highest BCUT2D eigenvalue weighted by Crippen LogP contribution is 2.62. The molecular formula is C10H13NO6. The van der Waals surface area contributed by atoms with E-state index in [1.165, 1.54) is 0 Å². The van der Waals surface area contributed by atoms with E-state index in [4.69, 9.17) is 6.48 Å². The van der Waals surface area contributed by atoms with Crippen molar-refractivity contribution in [2.45, 2.75) is 25.0 Å². The molecular weight excluding hydrogens is 230 g/mol. The lowest BCUT2D eigenvalue weighted by Gasteiger charge is -2.31. The van der Waals surface area contributed by atoms with Crippen LogP contribution in [0.1, 0.15) is 14.7 Å². The van der Waals surface area contributed by atoms with E-state index in [-0.39, 0.29) is 6.42 Å². The van der Waals surface area contributed by atoms with Crippen molar-refractivity contribution in [3.63, 3.8) is 0 Å². The third kappa shape index (κ3) is 1.42. The van der Waals surface area contributed by atoms with Gasteiger partial charge in [0.1, 0.15) is 0 Å². The van der Waals surface area contributed by atoms with Gasteiger partial charge in [0, 0.05) is 12.8 Å². The van der Waals surface area contributed by atoms with Crippen LogP contribution in [-0.4, -0.2) is 44.8 Å². The number of rotatable bonds is 3. The summed E-state index contributed by atoms with van der Waals surface area (Å²) >= 11 is 0. The molecule has 94 valence electrons. The van der Waals surface area contributed by atoms with Gasteiger partial charge < -0.3 is 20.6 Å². The molecule has 2 aliphatic carbocycles. The number of nitrogens with one attached hydrogen (secondary N) is 1. The fourth-order valence-electron chi connectivity index (χ4n) is 2.88. The van der Waals surface area contributed by atoms with E-state index in [2.05, 4.69) is 5.32 Å². The Hall–Kier alpha value is -1.63. The second-order valence-corrected chi connectivity index (χ2v) is 4.50. The second-order valence-electron chi connectivity index (χ2n) is 4.50. The maximum Gasteiger partial charge on any atom is 0.332 e. The van der Waals surface area contributed by atoms with E-state index < -0.39 is 47.2 Å². The van der Waals surface area contributed by atoms with Gasteiger partial charge in [-0.25, -0.2) is 4.79 Å². The zero-order chi connectivity index (χ0) is 13.9. The summed E-state index contributed by atoms with van der Waals surface area (Å²) in [7, 11) is 0. The molecule has 2 aliphatic rings. The van der Waals surface area contributed by atoms with Crippen LogP contribution in [0.5, 0.6) is 0 Å². The average Bonchev–Trinajstić information content (AvgIpc) is 2.80. The summed E-state index contributed by atoms with van der Waals surface area (Å²) < 4.78 is 7.67. The highest BCUT2D eigenvalue weighted by atomic mass is 16.4. The molecule has 0 bridgehead atoms.